The maximum Gasteiger partial charge on any atom is 0.176 e. The Morgan fingerprint density at radius 2 is 0.754 bits per heavy atom. The fourth-order valence-electron chi connectivity index (χ4n) is 9.58. The van der Waals surface area contributed by atoms with Gasteiger partial charge in [0.25, 0.3) is 0 Å². The topological polar surface area (TPSA) is 45.7 Å². The van der Waals surface area contributed by atoms with Crippen molar-refractivity contribution in [2.75, 3.05) is 0 Å². The van der Waals surface area contributed by atoms with Crippen molar-refractivity contribution in [1.82, 2.24) is 9.97 Å². The summed E-state index contributed by atoms with van der Waals surface area (Å²) in [4.78, 5) is 10.1. The van der Waals surface area contributed by atoms with Gasteiger partial charge in [0, 0.05) is 59.2 Å². The average molecular weight is 901 g/mol. The standard InChI is InChI=1S/C19H16.2C15H13N.C10H14.C7H9N/c1-12(2)16-10-8-15-7-6-13-4-3-5-14-9-11-17(16)19(15)18(13)14;2*1-11-13-9-5-6-10-14(13)16-15(11)12-7-3-2-4-8-12;1-8(2)10-7-5-4-6-9(10)3;1-6-4-3-5-7(2)8-6/h3-12H,1-2H3;2*2-10,16H,1H3;4-8H,1-3H3;3-5H,1-2H3/p+1. The molecule has 0 radical (unpaired) electrons. The van der Waals surface area contributed by atoms with E-state index in [9.17, 15) is 0 Å². The van der Waals surface area contributed by atoms with Gasteiger partial charge in [0.1, 0.15) is 0 Å². The number of fused-ring (bicyclic) bond motifs is 2. The van der Waals surface area contributed by atoms with E-state index in [1.165, 1.54) is 116 Å². The second kappa shape index (κ2) is 21.9. The van der Waals surface area contributed by atoms with Crippen molar-refractivity contribution in [3.63, 3.8) is 0 Å². The quantitative estimate of drug-likeness (QED) is 0.165. The van der Waals surface area contributed by atoms with E-state index in [-0.39, 0.29) is 0 Å². The Hall–Kier alpha value is -7.75. The second-order valence-corrected chi connectivity index (χ2v) is 18.8. The Balaban J connectivity index is 0.000000120. The number of aromatic nitrogens is 3. The summed E-state index contributed by atoms with van der Waals surface area (Å²) < 4.78 is 0. The molecule has 0 aliphatic rings. The first-order chi connectivity index (χ1) is 33.5. The molecule has 0 unspecified atom stereocenters. The van der Waals surface area contributed by atoms with Crippen LogP contribution in [0.4, 0.5) is 0 Å². The largest absolute Gasteiger partial charge is 0.354 e. The molecule has 0 fully saturated rings. The lowest BCUT2D eigenvalue weighted by molar-refractivity contribution is -0.396. The number of hydrogen-bond acceptors (Lipinski definition) is 0. The van der Waals surface area contributed by atoms with E-state index in [1.807, 2.05) is 44.2 Å². The Kier molecular flexibility index (Phi) is 15.2. The number of hydrogen-bond donors (Lipinski definition) is 2. The lowest BCUT2D eigenvalue weighted by atomic mass is 9.89. The SMILES string of the molecule is CC(C)c1ccc2ccc3cccc4ccc1c2c34.Cc1c(-c2ccccc2)[nH]c2ccccc12.Cc1c(-c2ccccc2)[nH]c2ccccc12.Cc1cccc(C)[nH+]1.Cc1ccccc1C(C)C. The van der Waals surface area contributed by atoms with Gasteiger partial charge < -0.3 is 9.97 Å². The summed E-state index contributed by atoms with van der Waals surface area (Å²) in [5.74, 6) is 1.21. The van der Waals surface area contributed by atoms with Crippen molar-refractivity contribution >= 4 is 54.1 Å². The van der Waals surface area contributed by atoms with Crippen LogP contribution in [0.15, 0.2) is 206 Å². The average Bonchev–Trinajstić information content (AvgIpc) is 3.90. The first kappa shape index (κ1) is 47.7. The van der Waals surface area contributed by atoms with Gasteiger partial charge in [-0.3, -0.25) is 0 Å². The summed E-state index contributed by atoms with van der Waals surface area (Å²) in [5.41, 5.74) is 16.7. The molecule has 0 saturated carbocycles. The van der Waals surface area contributed by atoms with Crippen LogP contribution in [0.5, 0.6) is 0 Å². The highest BCUT2D eigenvalue weighted by molar-refractivity contribution is 6.23. The summed E-state index contributed by atoms with van der Waals surface area (Å²) >= 11 is 0. The molecule has 3 aromatic heterocycles. The van der Waals surface area contributed by atoms with Gasteiger partial charge in [0.2, 0.25) is 0 Å². The zero-order valence-electron chi connectivity index (χ0n) is 41.8. The molecule has 0 amide bonds. The molecule has 3 heteroatoms. The first-order valence-electron chi connectivity index (χ1n) is 24.4. The Bertz CT molecular complexity index is 3410. The minimum atomic E-state index is 0.560. The van der Waals surface area contributed by atoms with Gasteiger partial charge in [-0.2, -0.15) is 0 Å². The lowest BCUT2D eigenvalue weighted by Gasteiger charge is -2.15. The molecule has 12 rings (SSSR count). The number of pyridine rings is 1. The maximum atomic E-state index is 3.48. The number of aryl methyl sites for hydroxylation is 5. The van der Waals surface area contributed by atoms with Gasteiger partial charge in [0.15, 0.2) is 11.4 Å². The summed E-state index contributed by atoms with van der Waals surface area (Å²) in [6.07, 6.45) is 0. The first-order valence-corrected chi connectivity index (χ1v) is 24.4. The molecule has 3 nitrogen and oxygen atoms in total. The van der Waals surface area contributed by atoms with Gasteiger partial charge in [-0.25, -0.2) is 4.98 Å². The molecular formula is C66H66N3+. The van der Waals surface area contributed by atoms with Crippen molar-refractivity contribution in [2.45, 2.75) is 74.1 Å². The van der Waals surface area contributed by atoms with Crippen molar-refractivity contribution in [3.05, 3.63) is 245 Å². The number of aromatic amines is 3. The molecule has 344 valence electrons. The molecule has 0 aliphatic heterocycles. The third kappa shape index (κ3) is 11.0. The van der Waals surface area contributed by atoms with Crippen LogP contribution in [0.1, 0.15) is 78.7 Å². The van der Waals surface area contributed by atoms with Crippen LogP contribution in [0, 0.1) is 34.6 Å². The van der Waals surface area contributed by atoms with Crippen molar-refractivity contribution in [3.8, 4) is 22.5 Å². The molecular weight excluding hydrogens is 835 g/mol. The third-order valence-electron chi connectivity index (χ3n) is 13.1. The Morgan fingerprint density at radius 3 is 1.20 bits per heavy atom. The zero-order chi connectivity index (χ0) is 48.4. The van der Waals surface area contributed by atoms with Crippen LogP contribution in [0.2, 0.25) is 0 Å². The fourth-order valence-corrected chi connectivity index (χ4v) is 9.58. The van der Waals surface area contributed by atoms with Crippen LogP contribution >= 0.6 is 0 Å². The van der Waals surface area contributed by atoms with Crippen LogP contribution in [-0.2, 0) is 0 Å². The summed E-state index contributed by atoms with van der Waals surface area (Å²) in [6.45, 7) is 19.6. The molecule has 0 saturated heterocycles. The molecule has 0 spiro atoms. The van der Waals surface area contributed by atoms with Crippen molar-refractivity contribution in [2.24, 2.45) is 0 Å². The van der Waals surface area contributed by atoms with E-state index in [0.29, 0.717) is 11.8 Å². The number of para-hydroxylation sites is 2. The van der Waals surface area contributed by atoms with Crippen LogP contribution < -0.4 is 4.98 Å². The molecule has 9 aromatic carbocycles. The number of nitrogens with one attached hydrogen (secondary N) is 3. The number of H-pyrrole nitrogens is 3. The van der Waals surface area contributed by atoms with Gasteiger partial charge in [-0.15, -0.1) is 0 Å². The van der Waals surface area contributed by atoms with Crippen molar-refractivity contribution < 1.29 is 4.98 Å². The zero-order valence-corrected chi connectivity index (χ0v) is 41.8. The van der Waals surface area contributed by atoms with Gasteiger partial charge >= 0.3 is 0 Å². The van der Waals surface area contributed by atoms with Gasteiger partial charge in [-0.05, 0) is 122 Å². The highest BCUT2D eigenvalue weighted by Crippen LogP contribution is 2.38. The van der Waals surface area contributed by atoms with E-state index in [2.05, 4.69) is 239 Å². The second-order valence-electron chi connectivity index (χ2n) is 18.8. The third-order valence-corrected chi connectivity index (χ3v) is 13.1. The van der Waals surface area contributed by atoms with Gasteiger partial charge in [0.05, 0.1) is 0 Å². The van der Waals surface area contributed by atoms with Crippen LogP contribution in [0.3, 0.4) is 0 Å². The molecule has 0 atom stereocenters. The van der Waals surface area contributed by atoms with E-state index < -0.39 is 0 Å². The highest BCUT2D eigenvalue weighted by atomic mass is 14.7. The van der Waals surface area contributed by atoms with E-state index >= 15 is 0 Å². The van der Waals surface area contributed by atoms with E-state index in [4.69, 9.17) is 0 Å². The van der Waals surface area contributed by atoms with E-state index in [0.717, 1.165) is 0 Å². The monoisotopic (exact) mass is 901 g/mol. The Morgan fingerprint density at radius 1 is 0.333 bits per heavy atom. The summed E-state index contributed by atoms with van der Waals surface area (Å²) in [7, 11) is 0. The molecule has 12 aromatic rings. The predicted octanol–water partition coefficient (Wildman–Crippen LogP) is 18.2. The summed E-state index contributed by atoms with van der Waals surface area (Å²) in [6, 6.07) is 72.6. The molecule has 3 N–H and O–H groups in total. The molecule has 0 aliphatic carbocycles. The fraction of sp³-hybridized carbons (Fsp3) is 0.167. The predicted molar refractivity (Wildman–Crippen MR) is 299 cm³/mol. The van der Waals surface area contributed by atoms with Crippen LogP contribution in [-0.4, -0.2) is 9.97 Å². The lowest BCUT2D eigenvalue weighted by Crippen LogP contribution is -2.09. The minimum absolute atomic E-state index is 0.560. The smallest absolute Gasteiger partial charge is 0.176 e. The minimum Gasteiger partial charge on any atom is -0.354 e. The van der Waals surface area contributed by atoms with E-state index in [1.54, 1.807) is 0 Å². The van der Waals surface area contributed by atoms with Gasteiger partial charge in [-0.1, -0.05) is 204 Å². The summed E-state index contributed by atoms with van der Waals surface area (Å²) in [5, 5.41) is 10.9. The highest BCUT2D eigenvalue weighted by Gasteiger charge is 2.13. The number of rotatable bonds is 4. The Labute approximate surface area is 409 Å². The molecule has 69 heavy (non-hydrogen) atoms. The number of benzene rings is 9. The van der Waals surface area contributed by atoms with Crippen LogP contribution in [0.25, 0.3) is 76.6 Å². The molecule has 0 bridgehead atoms. The maximum absolute atomic E-state index is 3.48. The molecule has 3 heterocycles. The van der Waals surface area contributed by atoms with Crippen molar-refractivity contribution in [1.29, 1.82) is 0 Å². The normalized spacial score (nSPS) is 10.9.